The van der Waals surface area contributed by atoms with Crippen molar-refractivity contribution in [2.45, 2.75) is 18.8 Å². The maximum Gasteiger partial charge on any atom is 0.303 e. The molecule has 0 radical (unpaired) electrons. The average Bonchev–Trinajstić information content (AvgIpc) is 2.55. The second-order valence-electron chi connectivity index (χ2n) is 5.16. The van der Waals surface area contributed by atoms with Crippen LogP contribution in [0.2, 0.25) is 0 Å². The Labute approximate surface area is 134 Å². The molecule has 0 heterocycles. The van der Waals surface area contributed by atoms with E-state index >= 15 is 0 Å². The molecule has 23 heavy (non-hydrogen) atoms. The van der Waals surface area contributed by atoms with Gasteiger partial charge in [0.05, 0.1) is 19.2 Å². The molecule has 1 amide bonds. The van der Waals surface area contributed by atoms with Gasteiger partial charge in [-0.05, 0) is 17.7 Å². The summed E-state index contributed by atoms with van der Waals surface area (Å²) in [4.78, 5) is 23.4. The number of amides is 1. The first-order valence-corrected chi connectivity index (χ1v) is 7.29. The van der Waals surface area contributed by atoms with Crippen LogP contribution in [0.25, 0.3) is 0 Å². The van der Waals surface area contributed by atoms with Gasteiger partial charge in [0.1, 0.15) is 5.75 Å². The number of carboxylic acids is 1. The number of carboxylic acid groups (broad SMARTS) is 1. The summed E-state index contributed by atoms with van der Waals surface area (Å²) >= 11 is 0. The molecule has 0 aliphatic carbocycles. The predicted octanol–water partition coefficient (Wildman–Crippen LogP) is 3.28. The van der Waals surface area contributed by atoms with E-state index in [0.717, 1.165) is 5.56 Å². The lowest BCUT2D eigenvalue weighted by atomic mass is 9.92. The van der Waals surface area contributed by atoms with Crippen LogP contribution in [0.1, 0.15) is 24.3 Å². The first kappa shape index (κ1) is 16.5. The minimum atomic E-state index is -0.927. The summed E-state index contributed by atoms with van der Waals surface area (Å²) in [5.41, 5.74) is 1.41. The first-order valence-electron chi connectivity index (χ1n) is 7.29. The summed E-state index contributed by atoms with van der Waals surface area (Å²) in [6, 6.07) is 16.3. The number of hydrogen-bond acceptors (Lipinski definition) is 3. The molecule has 0 bridgehead atoms. The van der Waals surface area contributed by atoms with E-state index in [2.05, 4.69) is 5.32 Å². The number of aliphatic carboxylic acids is 1. The van der Waals surface area contributed by atoms with Crippen molar-refractivity contribution in [3.8, 4) is 5.75 Å². The third-order valence-electron chi connectivity index (χ3n) is 3.50. The first-order chi connectivity index (χ1) is 11.1. The fraction of sp³-hybridized carbons (Fsp3) is 0.222. The molecular weight excluding hydrogens is 294 g/mol. The van der Waals surface area contributed by atoms with Crippen molar-refractivity contribution in [3.05, 3.63) is 60.2 Å². The Kier molecular flexibility index (Phi) is 5.74. The molecule has 2 N–H and O–H groups in total. The molecule has 0 saturated heterocycles. The summed E-state index contributed by atoms with van der Waals surface area (Å²) in [6.07, 6.45) is -0.00226. The van der Waals surface area contributed by atoms with E-state index in [1.807, 2.05) is 36.4 Å². The molecule has 2 rings (SSSR count). The van der Waals surface area contributed by atoms with E-state index in [1.165, 1.54) is 7.11 Å². The van der Waals surface area contributed by atoms with Crippen molar-refractivity contribution in [2.75, 3.05) is 12.4 Å². The predicted molar refractivity (Wildman–Crippen MR) is 87.7 cm³/mol. The number of carbonyl (C=O) groups excluding carboxylic acids is 1. The van der Waals surface area contributed by atoms with Crippen LogP contribution in [0.5, 0.6) is 5.75 Å². The number of hydrogen-bond donors (Lipinski definition) is 2. The van der Waals surface area contributed by atoms with E-state index in [9.17, 15) is 9.59 Å². The Morgan fingerprint density at radius 2 is 1.70 bits per heavy atom. The van der Waals surface area contributed by atoms with Crippen molar-refractivity contribution < 1.29 is 19.4 Å². The molecule has 5 nitrogen and oxygen atoms in total. The highest BCUT2D eigenvalue weighted by Gasteiger charge is 2.19. The molecule has 5 heteroatoms. The van der Waals surface area contributed by atoms with Crippen LogP contribution in [0, 0.1) is 0 Å². The molecular formula is C18H19NO4. The number of carbonyl (C=O) groups is 2. The monoisotopic (exact) mass is 313 g/mol. The van der Waals surface area contributed by atoms with Crippen LogP contribution < -0.4 is 10.1 Å². The lowest BCUT2D eigenvalue weighted by Gasteiger charge is -2.16. The topological polar surface area (TPSA) is 75.6 Å². The van der Waals surface area contributed by atoms with Gasteiger partial charge < -0.3 is 15.2 Å². The molecule has 1 atom stereocenters. The largest absolute Gasteiger partial charge is 0.495 e. The van der Waals surface area contributed by atoms with Gasteiger partial charge >= 0.3 is 5.97 Å². The van der Waals surface area contributed by atoms with E-state index in [4.69, 9.17) is 9.84 Å². The van der Waals surface area contributed by atoms with E-state index in [-0.39, 0.29) is 24.7 Å². The minimum Gasteiger partial charge on any atom is -0.495 e. The van der Waals surface area contributed by atoms with Crippen LogP contribution in [0.4, 0.5) is 5.69 Å². The number of nitrogens with one attached hydrogen (secondary N) is 1. The van der Waals surface area contributed by atoms with Crippen molar-refractivity contribution in [3.63, 3.8) is 0 Å². The van der Waals surface area contributed by atoms with Crippen LogP contribution in [0.3, 0.4) is 0 Å². The number of rotatable bonds is 7. The van der Waals surface area contributed by atoms with E-state index in [0.29, 0.717) is 11.4 Å². The molecule has 120 valence electrons. The van der Waals surface area contributed by atoms with Crippen molar-refractivity contribution in [2.24, 2.45) is 0 Å². The Morgan fingerprint density at radius 3 is 2.35 bits per heavy atom. The van der Waals surface area contributed by atoms with Gasteiger partial charge in [0, 0.05) is 12.3 Å². The standard InChI is InChI=1S/C18H19NO4/c1-23-16-10-6-5-9-15(16)19-17(20)11-14(12-18(21)22)13-7-3-2-4-8-13/h2-10,14H,11-12H2,1H3,(H,19,20)(H,21,22)/t14-/m1/s1. The zero-order valence-corrected chi connectivity index (χ0v) is 12.9. The Hall–Kier alpha value is -2.82. The zero-order chi connectivity index (χ0) is 16.7. The smallest absolute Gasteiger partial charge is 0.303 e. The lowest BCUT2D eigenvalue weighted by Crippen LogP contribution is -2.18. The normalized spacial score (nSPS) is 11.5. The molecule has 0 aromatic heterocycles. The van der Waals surface area contributed by atoms with Crippen LogP contribution in [0.15, 0.2) is 54.6 Å². The van der Waals surface area contributed by atoms with Gasteiger partial charge in [-0.1, -0.05) is 42.5 Å². The third kappa shape index (κ3) is 4.85. The summed E-state index contributed by atoms with van der Waals surface area (Å²) in [7, 11) is 1.53. The molecule has 2 aromatic carbocycles. The van der Waals surface area contributed by atoms with E-state index in [1.54, 1.807) is 18.2 Å². The second kappa shape index (κ2) is 7.98. The maximum atomic E-state index is 12.3. The van der Waals surface area contributed by atoms with Crippen LogP contribution in [-0.2, 0) is 9.59 Å². The quantitative estimate of drug-likeness (QED) is 0.822. The van der Waals surface area contributed by atoms with Gasteiger partial charge in [0.15, 0.2) is 0 Å². The molecule has 0 fully saturated rings. The highest BCUT2D eigenvalue weighted by Crippen LogP contribution is 2.27. The van der Waals surface area contributed by atoms with Crippen molar-refractivity contribution in [1.29, 1.82) is 0 Å². The summed E-state index contributed by atoms with van der Waals surface area (Å²) in [5, 5.41) is 11.9. The molecule has 0 aliphatic heterocycles. The molecule has 0 spiro atoms. The number of anilines is 1. The van der Waals surface area contributed by atoms with Gasteiger partial charge in [-0.15, -0.1) is 0 Å². The van der Waals surface area contributed by atoms with Crippen LogP contribution >= 0.6 is 0 Å². The number of ether oxygens (including phenoxy) is 1. The Morgan fingerprint density at radius 1 is 1.04 bits per heavy atom. The Bertz CT molecular complexity index is 670. The molecule has 0 unspecified atom stereocenters. The Balaban J connectivity index is 2.10. The summed E-state index contributed by atoms with van der Waals surface area (Å²) < 4.78 is 5.19. The van der Waals surface area contributed by atoms with Gasteiger partial charge in [-0.3, -0.25) is 9.59 Å². The van der Waals surface area contributed by atoms with Gasteiger partial charge in [-0.25, -0.2) is 0 Å². The van der Waals surface area contributed by atoms with Gasteiger partial charge in [0.2, 0.25) is 5.91 Å². The minimum absolute atomic E-state index is 0.0916. The molecule has 0 saturated carbocycles. The van der Waals surface area contributed by atoms with E-state index < -0.39 is 5.97 Å². The second-order valence-corrected chi connectivity index (χ2v) is 5.16. The van der Waals surface area contributed by atoms with Crippen molar-refractivity contribution >= 4 is 17.6 Å². The summed E-state index contributed by atoms with van der Waals surface area (Å²) in [6.45, 7) is 0. The average molecular weight is 313 g/mol. The van der Waals surface area contributed by atoms with Crippen LogP contribution in [-0.4, -0.2) is 24.1 Å². The SMILES string of the molecule is COc1ccccc1NC(=O)C[C@H](CC(=O)O)c1ccccc1. The number of benzene rings is 2. The van der Waals surface area contributed by atoms with Gasteiger partial charge in [0.25, 0.3) is 0 Å². The maximum absolute atomic E-state index is 12.3. The van der Waals surface area contributed by atoms with Gasteiger partial charge in [-0.2, -0.15) is 0 Å². The lowest BCUT2D eigenvalue weighted by molar-refractivity contribution is -0.137. The number of methoxy groups -OCH3 is 1. The number of para-hydroxylation sites is 2. The highest BCUT2D eigenvalue weighted by atomic mass is 16.5. The third-order valence-corrected chi connectivity index (χ3v) is 3.50. The highest BCUT2D eigenvalue weighted by molar-refractivity contribution is 5.93. The summed E-state index contributed by atoms with van der Waals surface area (Å²) in [5.74, 6) is -0.979. The van der Waals surface area contributed by atoms with Crippen molar-refractivity contribution in [1.82, 2.24) is 0 Å². The fourth-order valence-electron chi connectivity index (χ4n) is 2.42. The zero-order valence-electron chi connectivity index (χ0n) is 12.9. The fourth-order valence-corrected chi connectivity index (χ4v) is 2.42. The molecule has 0 aliphatic rings. The molecule has 2 aromatic rings.